The van der Waals surface area contributed by atoms with Gasteiger partial charge in [0.15, 0.2) is 0 Å². The van der Waals surface area contributed by atoms with Crippen LogP contribution in [0.2, 0.25) is 0 Å². The highest BCUT2D eigenvalue weighted by atomic mass is 32.2. The molecule has 1 atom stereocenters. The van der Waals surface area contributed by atoms with Gasteiger partial charge in [-0.05, 0) is 12.2 Å². The normalized spacial score (nSPS) is 21.2. The lowest BCUT2D eigenvalue weighted by molar-refractivity contribution is 0.460. The molecule has 0 aromatic rings. The fraction of sp³-hybridized carbons (Fsp3) is 1.00. The number of ether oxygens (including phenoxy) is 1. The first-order valence-electron chi connectivity index (χ1n) is 5.16. The molecule has 1 aliphatic heterocycles. The SMILES string of the molecule is CCCCCCCCSC1CO1. The quantitative estimate of drug-likeness (QED) is 0.427. The zero-order valence-electron chi connectivity index (χ0n) is 8.05. The first-order chi connectivity index (χ1) is 5.93. The van der Waals surface area contributed by atoms with Crippen molar-refractivity contribution in [3.8, 4) is 0 Å². The first kappa shape index (κ1) is 10.4. The van der Waals surface area contributed by atoms with Crippen LogP contribution >= 0.6 is 11.8 Å². The van der Waals surface area contributed by atoms with Gasteiger partial charge < -0.3 is 4.74 Å². The summed E-state index contributed by atoms with van der Waals surface area (Å²) in [6, 6.07) is 0. The van der Waals surface area contributed by atoms with Crippen molar-refractivity contribution in [1.82, 2.24) is 0 Å². The van der Waals surface area contributed by atoms with E-state index in [1.165, 1.54) is 44.3 Å². The molecule has 0 bridgehead atoms. The zero-order chi connectivity index (χ0) is 8.65. The van der Waals surface area contributed by atoms with Crippen LogP contribution in [0.25, 0.3) is 0 Å². The average Bonchev–Trinajstić information content (AvgIpc) is 2.87. The van der Waals surface area contributed by atoms with E-state index in [4.69, 9.17) is 4.74 Å². The summed E-state index contributed by atoms with van der Waals surface area (Å²) in [7, 11) is 0. The van der Waals surface area contributed by atoms with Gasteiger partial charge in [0, 0.05) is 0 Å². The third kappa shape index (κ3) is 5.90. The standard InChI is InChI=1S/C10H20OS/c1-2-3-4-5-6-7-8-12-10-9-11-10/h10H,2-9H2,1H3. The van der Waals surface area contributed by atoms with Gasteiger partial charge in [-0.3, -0.25) is 0 Å². The van der Waals surface area contributed by atoms with Crippen molar-refractivity contribution < 1.29 is 4.74 Å². The fourth-order valence-electron chi connectivity index (χ4n) is 1.23. The fourth-order valence-corrected chi connectivity index (χ4v) is 2.14. The van der Waals surface area contributed by atoms with Crippen LogP contribution in [0.15, 0.2) is 0 Å². The van der Waals surface area contributed by atoms with Crippen molar-refractivity contribution in [2.45, 2.75) is 50.9 Å². The Labute approximate surface area is 80.3 Å². The Morgan fingerprint density at radius 1 is 1.17 bits per heavy atom. The van der Waals surface area contributed by atoms with Gasteiger partial charge in [0.1, 0.15) is 5.44 Å². The molecule has 0 saturated carbocycles. The van der Waals surface area contributed by atoms with Gasteiger partial charge in [-0.25, -0.2) is 0 Å². The average molecular weight is 188 g/mol. The molecule has 1 rings (SSSR count). The van der Waals surface area contributed by atoms with Crippen molar-refractivity contribution in [1.29, 1.82) is 0 Å². The number of thioether (sulfide) groups is 1. The molecule has 0 amide bonds. The van der Waals surface area contributed by atoms with E-state index < -0.39 is 0 Å². The molecule has 0 aliphatic carbocycles. The number of epoxide rings is 1. The molecular formula is C10H20OS. The van der Waals surface area contributed by atoms with Crippen LogP contribution in [-0.2, 0) is 4.74 Å². The maximum atomic E-state index is 5.12. The van der Waals surface area contributed by atoms with Crippen LogP contribution < -0.4 is 0 Å². The summed E-state index contributed by atoms with van der Waals surface area (Å²) in [5.74, 6) is 1.30. The minimum Gasteiger partial charge on any atom is -0.362 e. The molecule has 2 heteroatoms. The molecule has 0 spiro atoms. The largest absolute Gasteiger partial charge is 0.362 e. The second kappa shape index (κ2) is 6.79. The maximum Gasteiger partial charge on any atom is 0.126 e. The summed E-state index contributed by atoms with van der Waals surface area (Å²) in [6.45, 7) is 3.26. The molecule has 1 aliphatic rings. The molecule has 1 saturated heterocycles. The Morgan fingerprint density at radius 3 is 2.50 bits per heavy atom. The van der Waals surface area contributed by atoms with Crippen molar-refractivity contribution in [3.05, 3.63) is 0 Å². The molecule has 0 aromatic heterocycles. The van der Waals surface area contributed by atoms with E-state index in [0.29, 0.717) is 5.44 Å². The molecule has 0 radical (unpaired) electrons. The Kier molecular flexibility index (Phi) is 5.88. The highest BCUT2D eigenvalue weighted by molar-refractivity contribution is 7.99. The Balaban J connectivity index is 1.65. The lowest BCUT2D eigenvalue weighted by Crippen LogP contribution is -1.84. The highest BCUT2D eigenvalue weighted by Crippen LogP contribution is 2.25. The Morgan fingerprint density at radius 2 is 1.83 bits per heavy atom. The van der Waals surface area contributed by atoms with Gasteiger partial charge in [0.05, 0.1) is 6.61 Å². The van der Waals surface area contributed by atoms with Crippen LogP contribution in [0.5, 0.6) is 0 Å². The van der Waals surface area contributed by atoms with Crippen LogP contribution in [0, 0.1) is 0 Å². The predicted molar refractivity (Wildman–Crippen MR) is 55.6 cm³/mol. The molecule has 12 heavy (non-hydrogen) atoms. The van der Waals surface area contributed by atoms with Crippen LogP contribution in [0.4, 0.5) is 0 Å². The third-order valence-corrected chi connectivity index (χ3v) is 3.27. The maximum absolute atomic E-state index is 5.12. The van der Waals surface area contributed by atoms with Gasteiger partial charge in [0.25, 0.3) is 0 Å². The molecule has 1 unspecified atom stereocenters. The van der Waals surface area contributed by atoms with Crippen molar-refractivity contribution >= 4 is 11.8 Å². The minimum absolute atomic E-state index is 0.570. The van der Waals surface area contributed by atoms with Gasteiger partial charge in [-0.1, -0.05) is 39.0 Å². The Bertz CT molecular complexity index is 102. The van der Waals surface area contributed by atoms with Crippen LogP contribution in [0.3, 0.4) is 0 Å². The van der Waals surface area contributed by atoms with E-state index in [9.17, 15) is 0 Å². The van der Waals surface area contributed by atoms with Gasteiger partial charge in [0.2, 0.25) is 0 Å². The minimum atomic E-state index is 0.570. The topological polar surface area (TPSA) is 12.5 Å². The molecule has 1 fully saturated rings. The van der Waals surface area contributed by atoms with Crippen molar-refractivity contribution in [2.75, 3.05) is 12.4 Å². The van der Waals surface area contributed by atoms with Gasteiger partial charge in [-0.2, -0.15) is 0 Å². The monoisotopic (exact) mass is 188 g/mol. The van der Waals surface area contributed by atoms with E-state index in [2.05, 4.69) is 6.92 Å². The van der Waals surface area contributed by atoms with E-state index in [-0.39, 0.29) is 0 Å². The number of rotatable bonds is 8. The first-order valence-corrected chi connectivity index (χ1v) is 6.21. The summed E-state index contributed by atoms with van der Waals surface area (Å²) in [5.41, 5.74) is 0.570. The summed E-state index contributed by atoms with van der Waals surface area (Å²) < 4.78 is 5.12. The van der Waals surface area contributed by atoms with Crippen LogP contribution in [0.1, 0.15) is 45.4 Å². The summed E-state index contributed by atoms with van der Waals surface area (Å²) in [6.07, 6.45) is 8.43. The molecule has 0 aromatic carbocycles. The lowest BCUT2D eigenvalue weighted by Gasteiger charge is -1.98. The van der Waals surface area contributed by atoms with E-state index in [1.807, 2.05) is 11.8 Å². The molecule has 1 nitrogen and oxygen atoms in total. The molecule has 0 N–H and O–H groups in total. The second-order valence-corrected chi connectivity index (χ2v) is 4.67. The summed E-state index contributed by atoms with van der Waals surface area (Å²) >= 11 is 1.98. The van der Waals surface area contributed by atoms with E-state index in [0.717, 1.165) is 6.61 Å². The van der Waals surface area contributed by atoms with Crippen molar-refractivity contribution in [2.24, 2.45) is 0 Å². The second-order valence-electron chi connectivity index (χ2n) is 3.40. The van der Waals surface area contributed by atoms with E-state index >= 15 is 0 Å². The Hall–Kier alpha value is 0.310. The lowest BCUT2D eigenvalue weighted by atomic mass is 10.1. The van der Waals surface area contributed by atoms with Gasteiger partial charge in [-0.15, -0.1) is 11.8 Å². The number of unbranched alkanes of at least 4 members (excludes halogenated alkanes) is 5. The molecule has 1 heterocycles. The van der Waals surface area contributed by atoms with Crippen molar-refractivity contribution in [3.63, 3.8) is 0 Å². The van der Waals surface area contributed by atoms with Crippen LogP contribution in [-0.4, -0.2) is 17.8 Å². The number of hydrogen-bond acceptors (Lipinski definition) is 2. The summed E-state index contributed by atoms with van der Waals surface area (Å²) in [4.78, 5) is 0. The smallest absolute Gasteiger partial charge is 0.126 e. The highest BCUT2D eigenvalue weighted by Gasteiger charge is 2.21. The molecular weight excluding hydrogens is 168 g/mol. The van der Waals surface area contributed by atoms with E-state index in [1.54, 1.807) is 0 Å². The molecule has 72 valence electrons. The zero-order valence-corrected chi connectivity index (χ0v) is 8.87. The van der Waals surface area contributed by atoms with Gasteiger partial charge >= 0.3 is 0 Å². The summed E-state index contributed by atoms with van der Waals surface area (Å²) in [5, 5.41) is 0. The number of hydrogen-bond donors (Lipinski definition) is 0. The predicted octanol–water partition coefficient (Wildman–Crippen LogP) is 3.44. The third-order valence-electron chi connectivity index (χ3n) is 2.10.